The molecule has 4 amide bonds. The van der Waals surface area contributed by atoms with E-state index in [1.165, 1.54) is 7.11 Å². The number of nitrogens with one attached hydrogen (secondary N) is 4. The van der Waals surface area contributed by atoms with Crippen molar-refractivity contribution in [3.05, 3.63) is 64.2 Å². The first kappa shape index (κ1) is 34.1. The number of hydrogen-bond acceptors (Lipinski definition) is 6. The molecule has 0 saturated carbocycles. The van der Waals surface area contributed by atoms with Crippen molar-refractivity contribution >= 4 is 41.2 Å². The number of urea groups is 1. The van der Waals surface area contributed by atoms with E-state index in [1.54, 1.807) is 49.4 Å². The summed E-state index contributed by atoms with van der Waals surface area (Å²) in [5, 5.41) is 19.7. The molecule has 0 fully saturated rings. The number of para-hydroxylation sites is 1. The molecule has 0 aliphatic carbocycles. The van der Waals surface area contributed by atoms with E-state index >= 15 is 0 Å². The number of Topliss-reactive ketones (excluding diaryl/α,β-unsaturated/α-hetero) is 1. The van der Waals surface area contributed by atoms with Crippen LogP contribution in [0, 0.1) is 5.92 Å². The molecule has 0 spiro atoms. The van der Waals surface area contributed by atoms with Crippen LogP contribution in [0.25, 0.3) is 0 Å². The van der Waals surface area contributed by atoms with Crippen LogP contribution < -0.4 is 26.0 Å². The summed E-state index contributed by atoms with van der Waals surface area (Å²) in [5.41, 5.74) is 2.26. The van der Waals surface area contributed by atoms with Crippen LogP contribution in [0.5, 0.6) is 5.75 Å². The third-order valence-corrected chi connectivity index (χ3v) is 6.69. The molecule has 2 aromatic carbocycles. The Labute approximate surface area is 250 Å². The maximum Gasteiger partial charge on any atom is 0.315 e. The second kappa shape index (κ2) is 17.0. The second-order valence-corrected chi connectivity index (χ2v) is 10.6. The lowest BCUT2D eigenvalue weighted by Crippen LogP contribution is -2.55. The highest BCUT2D eigenvalue weighted by Crippen LogP contribution is 2.28. The number of aliphatic carboxylic acids is 1. The van der Waals surface area contributed by atoms with Gasteiger partial charge in [-0.2, -0.15) is 0 Å². The zero-order valence-electron chi connectivity index (χ0n) is 24.3. The molecule has 0 bridgehead atoms. The number of carboxylic acids is 1. The van der Waals surface area contributed by atoms with Crippen molar-refractivity contribution < 1.29 is 33.8 Å². The Morgan fingerprint density at radius 2 is 1.57 bits per heavy atom. The van der Waals surface area contributed by atoms with Crippen LogP contribution >= 0.6 is 11.6 Å². The fraction of sp³-hybridized carbons (Fsp3) is 0.433. The van der Waals surface area contributed by atoms with Gasteiger partial charge in [0.25, 0.3) is 5.91 Å². The number of ether oxygens (including phenoxy) is 1. The Morgan fingerprint density at radius 1 is 0.905 bits per heavy atom. The molecule has 0 saturated heterocycles. The van der Waals surface area contributed by atoms with Gasteiger partial charge in [0.15, 0.2) is 0 Å². The van der Waals surface area contributed by atoms with Crippen molar-refractivity contribution in [2.45, 2.75) is 71.6 Å². The van der Waals surface area contributed by atoms with Gasteiger partial charge in [-0.05, 0) is 42.4 Å². The van der Waals surface area contributed by atoms with Gasteiger partial charge in [0.2, 0.25) is 11.7 Å². The average Bonchev–Trinajstić information content (AvgIpc) is 2.95. The maximum atomic E-state index is 13.1. The second-order valence-electron chi connectivity index (χ2n) is 10.2. The van der Waals surface area contributed by atoms with Crippen LogP contribution in [0.1, 0.15) is 56.7 Å². The minimum Gasteiger partial charge on any atom is -0.495 e. The SMILES string of the molecule is CCC(NC(=O)C(CC(C)C)NC(=O)NCc1ccc(CCC(=O)O)cc1)C(=O)C(=O)NCc1cccc(Cl)c1OC. The highest BCUT2D eigenvalue weighted by molar-refractivity contribution is 6.38. The zero-order chi connectivity index (χ0) is 31.2. The molecular formula is C30H39ClN4O7. The molecule has 42 heavy (non-hydrogen) atoms. The highest BCUT2D eigenvalue weighted by atomic mass is 35.5. The topological polar surface area (TPSA) is 163 Å². The van der Waals surface area contributed by atoms with Gasteiger partial charge >= 0.3 is 12.0 Å². The molecule has 2 atom stereocenters. The quantitative estimate of drug-likeness (QED) is 0.184. The monoisotopic (exact) mass is 602 g/mol. The lowest BCUT2D eigenvalue weighted by molar-refractivity contribution is -0.140. The van der Waals surface area contributed by atoms with E-state index in [-0.39, 0.29) is 31.8 Å². The summed E-state index contributed by atoms with van der Waals surface area (Å²) in [7, 11) is 1.45. The molecule has 228 valence electrons. The van der Waals surface area contributed by atoms with E-state index in [4.69, 9.17) is 21.4 Å². The Kier molecular flexibility index (Phi) is 13.8. The number of benzene rings is 2. The van der Waals surface area contributed by atoms with E-state index in [0.29, 0.717) is 29.2 Å². The van der Waals surface area contributed by atoms with Crippen molar-refractivity contribution in [3.8, 4) is 5.75 Å². The van der Waals surface area contributed by atoms with Gasteiger partial charge in [0.1, 0.15) is 11.8 Å². The molecule has 11 nitrogen and oxygen atoms in total. The number of halogens is 1. The Bertz CT molecular complexity index is 1250. The maximum absolute atomic E-state index is 13.1. The minimum absolute atomic E-state index is 0.00144. The molecule has 0 radical (unpaired) electrons. The number of hydrogen-bond donors (Lipinski definition) is 5. The lowest BCUT2D eigenvalue weighted by Gasteiger charge is -2.23. The first-order valence-corrected chi connectivity index (χ1v) is 14.1. The predicted octanol–water partition coefficient (Wildman–Crippen LogP) is 3.36. The third kappa shape index (κ3) is 11.0. The Morgan fingerprint density at radius 3 is 2.17 bits per heavy atom. The van der Waals surface area contributed by atoms with Gasteiger partial charge < -0.3 is 31.1 Å². The Hall–Kier alpha value is -4.12. The summed E-state index contributed by atoms with van der Waals surface area (Å²) >= 11 is 6.11. The van der Waals surface area contributed by atoms with Gasteiger partial charge in [-0.1, -0.05) is 68.8 Å². The van der Waals surface area contributed by atoms with Crippen LogP contribution in [0.15, 0.2) is 42.5 Å². The molecule has 2 unspecified atom stereocenters. The standard InChI is InChI=1S/C30H39ClN4O7/c1-5-23(26(38)29(40)32-17-21-7-6-8-22(31)27(21)42-4)34-28(39)24(15-18(2)3)35-30(41)33-16-20-11-9-19(10-12-20)13-14-25(36)37/h6-12,18,23-24H,5,13-17H2,1-4H3,(H,32,40)(H,34,39)(H,36,37)(H2,33,35,41). The van der Waals surface area contributed by atoms with Crippen LogP contribution in [-0.4, -0.2) is 53.9 Å². The summed E-state index contributed by atoms with van der Waals surface area (Å²) in [6.07, 6.45) is 0.923. The molecule has 12 heteroatoms. The van der Waals surface area contributed by atoms with Crippen molar-refractivity contribution in [3.63, 3.8) is 0 Å². The number of amides is 4. The van der Waals surface area contributed by atoms with Gasteiger partial charge in [-0.15, -0.1) is 0 Å². The lowest BCUT2D eigenvalue weighted by atomic mass is 10.0. The number of carboxylic acid groups (broad SMARTS) is 1. The van der Waals surface area contributed by atoms with Crippen LogP contribution in [0.2, 0.25) is 5.02 Å². The molecule has 2 rings (SSSR count). The number of aryl methyl sites for hydroxylation is 1. The summed E-state index contributed by atoms with van der Waals surface area (Å²) in [5.74, 6) is -2.70. The number of carbonyl (C=O) groups is 5. The van der Waals surface area contributed by atoms with Crippen molar-refractivity contribution in [2.75, 3.05) is 7.11 Å². The average molecular weight is 603 g/mol. The fourth-order valence-electron chi connectivity index (χ4n) is 4.14. The minimum atomic E-state index is -1.09. The van der Waals surface area contributed by atoms with Gasteiger partial charge in [-0.25, -0.2) is 4.79 Å². The zero-order valence-corrected chi connectivity index (χ0v) is 25.0. The number of methoxy groups -OCH3 is 1. The summed E-state index contributed by atoms with van der Waals surface area (Å²) < 4.78 is 5.26. The smallest absolute Gasteiger partial charge is 0.315 e. The molecule has 0 heterocycles. The molecular weight excluding hydrogens is 564 g/mol. The molecule has 0 aliphatic heterocycles. The van der Waals surface area contributed by atoms with E-state index in [9.17, 15) is 24.0 Å². The van der Waals surface area contributed by atoms with Crippen molar-refractivity contribution in [2.24, 2.45) is 5.92 Å². The van der Waals surface area contributed by atoms with Crippen molar-refractivity contribution in [1.82, 2.24) is 21.3 Å². The fourth-order valence-corrected chi connectivity index (χ4v) is 4.41. The van der Waals surface area contributed by atoms with Gasteiger partial charge in [-0.3, -0.25) is 19.2 Å². The largest absolute Gasteiger partial charge is 0.495 e. The van der Waals surface area contributed by atoms with Crippen molar-refractivity contribution in [1.29, 1.82) is 0 Å². The van der Waals surface area contributed by atoms with E-state index in [0.717, 1.165) is 11.1 Å². The number of carbonyl (C=O) groups excluding carboxylic acids is 4. The molecule has 2 aromatic rings. The van der Waals surface area contributed by atoms with Crippen LogP contribution in [-0.2, 0) is 38.7 Å². The van der Waals surface area contributed by atoms with Gasteiger partial charge in [0, 0.05) is 25.1 Å². The van der Waals surface area contributed by atoms with Crippen LogP contribution in [0.4, 0.5) is 4.79 Å². The number of ketones is 1. The summed E-state index contributed by atoms with van der Waals surface area (Å²) in [6, 6.07) is 9.64. The normalized spacial score (nSPS) is 12.1. The van der Waals surface area contributed by atoms with E-state index < -0.39 is 41.7 Å². The van der Waals surface area contributed by atoms with Crippen LogP contribution in [0.3, 0.4) is 0 Å². The Balaban J connectivity index is 1.95. The van der Waals surface area contributed by atoms with E-state index in [2.05, 4.69) is 21.3 Å². The van der Waals surface area contributed by atoms with Gasteiger partial charge in [0.05, 0.1) is 18.2 Å². The number of rotatable bonds is 16. The predicted molar refractivity (Wildman–Crippen MR) is 158 cm³/mol. The van der Waals surface area contributed by atoms with E-state index in [1.807, 2.05) is 13.8 Å². The highest BCUT2D eigenvalue weighted by Gasteiger charge is 2.29. The first-order valence-electron chi connectivity index (χ1n) is 13.7. The third-order valence-electron chi connectivity index (χ3n) is 6.39. The summed E-state index contributed by atoms with van der Waals surface area (Å²) in [4.78, 5) is 62.0. The first-order chi connectivity index (χ1) is 19.9. The molecule has 5 N–H and O–H groups in total. The molecule has 0 aliphatic rings. The summed E-state index contributed by atoms with van der Waals surface area (Å²) in [6.45, 7) is 5.65. The molecule has 0 aromatic heterocycles.